The molecule has 0 unspecified atom stereocenters. The summed E-state index contributed by atoms with van der Waals surface area (Å²) in [6.07, 6.45) is 4.95. The molecule has 5 heteroatoms. The van der Waals surface area contributed by atoms with Crippen LogP contribution < -0.4 is 5.32 Å². The van der Waals surface area contributed by atoms with Gasteiger partial charge < -0.3 is 10.2 Å². The van der Waals surface area contributed by atoms with E-state index in [1.165, 1.54) is 12.8 Å². The number of carbonyl (C=O) groups excluding carboxylic acids is 1. The number of benzene rings is 1. The highest BCUT2D eigenvalue weighted by molar-refractivity contribution is 9.10. The monoisotopic (exact) mass is 368 g/mol. The van der Waals surface area contributed by atoms with Crippen LogP contribution >= 0.6 is 27.7 Å². The van der Waals surface area contributed by atoms with Gasteiger partial charge in [0.15, 0.2) is 0 Å². The zero-order valence-electron chi connectivity index (χ0n) is 12.1. The number of likely N-dealkylation sites (tertiary alicyclic amines) is 1. The zero-order valence-corrected chi connectivity index (χ0v) is 14.5. The minimum absolute atomic E-state index is 0.153. The fraction of sp³-hybridized carbons (Fsp3) is 0.562. The van der Waals surface area contributed by atoms with Crippen LogP contribution in [0, 0.1) is 0 Å². The number of nitrogens with zero attached hydrogens (tertiary/aromatic N) is 1. The van der Waals surface area contributed by atoms with E-state index < -0.39 is 0 Å². The molecular formula is C16H21BrN2OS. The summed E-state index contributed by atoms with van der Waals surface area (Å²) in [7, 11) is 0. The predicted molar refractivity (Wildman–Crippen MR) is 90.6 cm³/mol. The molecule has 114 valence electrons. The molecule has 1 aromatic carbocycles. The highest BCUT2D eigenvalue weighted by Gasteiger charge is 2.31. The molecule has 3 nitrogen and oxygen atoms in total. The Kier molecular flexibility index (Phi) is 5.24. The third-order valence-corrected chi connectivity index (χ3v) is 6.18. The second-order valence-corrected chi connectivity index (χ2v) is 7.70. The van der Waals surface area contributed by atoms with Crippen LogP contribution in [0.3, 0.4) is 0 Å². The summed E-state index contributed by atoms with van der Waals surface area (Å²) < 4.78 is 1.06. The van der Waals surface area contributed by atoms with E-state index in [-0.39, 0.29) is 5.91 Å². The van der Waals surface area contributed by atoms with Crippen LogP contribution in [0.25, 0.3) is 0 Å². The third-order valence-electron chi connectivity index (χ3n) is 4.15. The first-order valence-electron chi connectivity index (χ1n) is 7.63. The smallest absolute Gasteiger partial charge is 0.230 e. The molecule has 2 fully saturated rings. The Balaban J connectivity index is 1.39. The van der Waals surface area contributed by atoms with Crippen molar-refractivity contribution < 1.29 is 4.79 Å². The molecule has 21 heavy (non-hydrogen) atoms. The Labute approximate surface area is 139 Å². The summed E-state index contributed by atoms with van der Waals surface area (Å²) in [4.78, 5) is 15.8. The fourth-order valence-corrected chi connectivity index (χ4v) is 4.20. The van der Waals surface area contributed by atoms with Gasteiger partial charge in [-0.2, -0.15) is 0 Å². The molecular weight excluding hydrogens is 348 g/mol. The van der Waals surface area contributed by atoms with Crippen molar-refractivity contribution in [1.29, 1.82) is 0 Å². The fourth-order valence-electron chi connectivity index (χ4n) is 2.82. The molecule has 0 spiro atoms. The number of hydrogen-bond donors (Lipinski definition) is 1. The molecule has 0 atom stereocenters. The van der Waals surface area contributed by atoms with Gasteiger partial charge in [-0.1, -0.05) is 12.1 Å². The van der Waals surface area contributed by atoms with Crippen molar-refractivity contribution in [2.24, 2.45) is 0 Å². The van der Waals surface area contributed by atoms with Crippen molar-refractivity contribution in [3.8, 4) is 0 Å². The van der Waals surface area contributed by atoms with Gasteiger partial charge in [-0.25, -0.2) is 0 Å². The lowest BCUT2D eigenvalue weighted by molar-refractivity contribution is -0.119. The van der Waals surface area contributed by atoms with Crippen molar-refractivity contribution in [3.63, 3.8) is 0 Å². The number of rotatable bonds is 5. The number of thioether (sulfide) groups is 1. The molecule has 1 aliphatic carbocycles. The van der Waals surface area contributed by atoms with Gasteiger partial charge in [0.05, 0.1) is 5.75 Å². The predicted octanol–water partition coefficient (Wildman–Crippen LogP) is 3.28. The average Bonchev–Trinajstić information content (AvgIpc) is 3.32. The van der Waals surface area contributed by atoms with Crippen LogP contribution in [0.1, 0.15) is 25.7 Å². The normalized spacial score (nSPS) is 20.4. The van der Waals surface area contributed by atoms with Gasteiger partial charge in [0.25, 0.3) is 0 Å². The lowest BCUT2D eigenvalue weighted by atomic mass is 10.1. The Hall–Kier alpha value is -0.520. The van der Waals surface area contributed by atoms with E-state index in [9.17, 15) is 4.79 Å². The van der Waals surface area contributed by atoms with Gasteiger partial charge in [-0.3, -0.25) is 4.79 Å². The summed E-state index contributed by atoms with van der Waals surface area (Å²) in [5, 5.41) is 3.19. The SMILES string of the molecule is O=C(CSc1ccccc1Br)NC1CCN(C2CC2)CC1. The molecule has 0 bridgehead atoms. The molecule has 1 aliphatic heterocycles. The number of carbonyl (C=O) groups is 1. The lowest BCUT2D eigenvalue weighted by Gasteiger charge is -2.32. The molecule has 3 rings (SSSR count). The van der Waals surface area contributed by atoms with Crippen LogP contribution in [0.4, 0.5) is 0 Å². The summed E-state index contributed by atoms with van der Waals surface area (Å²) in [6, 6.07) is 9.25. The van der Waals surface area contributed by atoms with Gasteiger partial charge in [0.2, 0.25) is 5.91 Å². The Morgan fingerprint density at radius 1 is 1.24 bits per heavy atom. The van der Waals surface area contributed by atoms with E-state index in [1.807, 2.05) is 24.3 Å². The number of halogens is 1. The number of piperidine rings is 1. The van der Waals surface area contributed by atoms with Crippen molar-refractivity contribution in [2.75, 3.05) is 18.8 Å². The minimum Gasteiger partial charge on any atom is -0.353 e. The van der Waals surface area contributed by atoms with Gasteiger partial charge in [0, 0.05) is 34.5 Å². The maximum absolute atomic E-state index is 12.1. The number of hydrogen-bond acceptors (Lipinski definition) is 3. The second kappa shape index (κ2) is 7.16. The highest BCUT2D eigenvalue weighted by Crippen LogP contribution is 2.29. The molecule has 1 amide bonds. The zero-order chi connectivity index (χ0) is 14.7. The van der Waals surface area contributed by atoms with Crippen LogP contribution in [-0.2, 0) is 4.79 Å². The Morgan fingerprint density at radius 3 is 2.62 bits per heavy atom. The quantitative estimate of drug-likeness (QED) is 0.809. The highest BCUT2D eigenvalue weighted by atomic mass is 79.9. The molecule has 1 saturated carbocycles. The maximum atomic E-state index is 12.1. The van der Waals surface area contributed by atoms with E-state index in [1.54, 1.807) is 11.8 Å². The molecule has 0 radical (unpaired) electrons. The second-order valence-electron chi connectivity index (χ2n) is 5.83. The van der Waals surface area contributed by atoms with E-state index >= 15 is 0 Å². The molecule has 1 heterocycles. The van der Waals surface area contributed by atoms with Crippen LogP contribution in [0.15, 0.2) is 33.6 Å². The van der Waals surface area contributed by atoms with Gasteiger partial charge in [0.1, 0.15) is 0 Å². The molecule has 0 aromatic heterocycles. The average molecular weight is 369 g/mol. The van der Waals surface area contributed by atoms with Crippen LogP contribution in [0.2, 0.25) is 0 Å². The van der Waals surface area contributed by atoms with Crippen LogP contribution in [0.5, 0.6) is 0 Å². The lowest BCUT2D eigenvalue weighted by Crippen LogP contribution is -2.45. The van der Waals surface area contributed by atoms with Gasteiger partial charge >= 0.3 is 0 Å². The number of nitrogens with one attached hydrogen (secondary N) is 1. The van der Waals surface area contributed by atoms with Gasteiger partial charge in [-0.15, -0.1) is 11.8 Å². The van der Waals surface area contributed by atoms with E-state index in [0.29, 0.717) is 11.8 Å². The first-order valence-corrected chi connectivity index (χ1v) is 9.41. The van der Waals surface area contributed by atoms with E-state index in [0.717, 1.165) is 41.3 Å². The summed E-state index contributed by atoms with van der Waals surface area (Å²) in [6.45, 7) is 2.29. The minimum atomic E-state index is 0.153. The van der Waals surface area contributed by atoms with Crippen molar-refractivity contribution in [3.05, 3.63) is 28.7 Å². The molecule has 1 N–H and O–H groups in total. The van der Waals surface area contributed by atoms with Crippen molar-refractivity contribution in [2.45, 2.75) is 42.7 Å². The van der Waals surface area contributed by atoms with Crippen LogP contribution in [-0.4, -0.2) is 41.7 Å². The number of amides is 1. The molecule has 2 aliphatic rings. The maximum Gasteiger partial charge on any atom is 0.230 e. The first kappa shape index (κ1) is 15.4. The van der Waals surface area contributed by atoms with E-state index in [2.05, 4.69) is 26.1 Å². The molecule has 1 saturated heterocycles. The summed E-state index contributed by atoms with van der Waals surface area (Å²) in [5.74, 6) is 0.645. The first-order chi connectivity index (χ1) is 10.2. The summed E-state index contributed by atoms with van der Waals surface area (Å²) >= 11 is 5.10. The topological polar surface area (TPSA) is 32.3 Å². The third kappa shape index (κ3) is 4.47. The largest absolute Gasteiger partial charge is 0.353 e. The van der Waals surface area contributed by atoms with E-state index in [4.69, 9.17) is 0 Å². The van der Waals surface area contributed by atoms with Crippen molar-refractivity contribution in [1.82, 2.24) is 10.2 Å². The Bertz CT molecular complexity index is 499. The standard InChI is InChI=1S/C16H21BrN2OS/c17-14-3-1-2-4-15(14)21-11-16(20)18-12-7-9-19(10-8-12)13-5-6-13/h1-4,12-13H,5-11H2,(H,18,20). The molecule has 1 aromatic rings. The van der Waals surface area contributed by atoms with Gasteiger partial charge in [-0.05, 0) is 53.7 Å². The van der Waals surface area contributed by atoms with Crippen molar-refractivity contribution >= 4 is 33.6 Å². The Morgan fingerprint density at radius 2 is 1.95 bits per heavy atom. The summed E-state index contributed by atoms with van der Waals surface area (Å²) in [5.41, 5.74) is 0.